The fraction of sp³-hybridized carbons (Fsp3) is 0.923. The average molecular weight is 210 g/mol. The van der Waals surface area contributed by atoms with Crippen LogP contribution in [0.25, 0.3) is 0 Å². The molecule has 0 radical (unpaired) electrons. The van der Waals surface area contributed by atoms with Crippen LogP contribution in [0.4, 0.5) is 0 Å². The van der Waals surface area contributed by atoms with Crippen molar-refractivity contribution in [3.63, 3.8) is 0 Å². The fourth-order valence-corrected chi connectivity index (χ4v) is 3.31. The minimum absolute atomic E-state index is 0.335. The van der Waals surface area contributed by atoms with Gasteiger partial charge in [-0.3, -0.25) is 4.79 Å². The van der Waals surface area contributed by atoms with Gasteiger partial charge in [0.05, 0.1) is 11.5 Å². The first-order valence-corrected chi connectivity index (χ1v) is 6.47. The molecule has 1 spiro atoms. The third kappa shape index (κ3) is 2.10. The van der Waals surface area contributed by atoms with Crippen molar-refractivity contribution < 1.29 is 9.90 Å². The van der Waals surface area contributed by atoms with E-state index in [4.69, 9.17) is 0 Å². The molecule has 0 aromatic carbocycles. The summed E-state index contributed by atoms with van der Waals surface area (Å²) in [5, 5.41) is 10.2. The largest absolute Gasteiger partial charge is 0.392 e. The number of rotatable bonds is 0. The molecule has 0 heterocycles. The van der Waals surface area contributed by atoms with Gasteiger partial charge in [0.2, 0.25) is 0 Å². The molecule has 2 rings (SSSR count). The van der Waals surface area contributed by atoms with E-state index in [0.29, 0.717) is 12.2 Å². The molecule has 0 aromatic rings. The van der Waals surface area contributed by atoms with Crippen LogP contribution in [0.2, 0.25) is 0 Å². The summed E-state index contributed by atoms with van der Waals surface area (Å²) in [6.07, 6.45) is 9.88. The molecule has 2 heteroatoms. The molecule has 2 saturated carbocycles. The molecule has 0 bridgehead atoms. The average Bonchev–Trinajstić information content (AvgIpc) is 2.23. The zero-order valence-corrected chi connectivity index (χ0v) is 9.50. The number of hydrogen-bond donors (Lipinski definition) is 1. The molecule has 2 atom stereocenters. The standard InChI is InChI=1S/C13H22O2/c14-11-7-3-1-2-5-9-13(11)10-6-4-8-12(13)15/h12,15H,1-10H2/t12-,13+/m0/s1. The van der Waals surface area contributed by atoms with E-state index in [1.54, 1.807) is 0 Å². The number of carbonyl (C=O) groups is 1. The maximum Gasteiger partial charge on any atom is 0.141 e. The minimum atomic E-state index is -0.350. The lowest BCUT2D eigenvalue weighted by Gasteiger charge is -2.41. The summed E-state index contributed by atoms with van der Waals surface area (Å²) >= 11 is 0. The second-order valence-corrected chi connectivity index (χ2v) is 5.26. The van der Waals surface area contributed by atoms with Gasteiger partial charge in [0.25, 0.3) is 0 Å². The number of hydrogen-bond acceptors (Lipinski definition) is 2. The van der Waals surface area contributed by atoms with Crippen molar-refractivity contribution in [3.05, 3.63) is 0 Å². The molecule has 2 nitrogen and oxygen atoms in total. The second-order valence-electron chi connectivity index (χ2n) is 5.26. The zero-order chi connectivity index (χ0) is 10.7. The van der Waals surface area contributed by atoms with Crippen LogP contribution < -0.4 is 0 Å². The predicted octanol–water partition coefficient (Wildman–Crippen LogP) is 2.83. The smallest absolute Gasteiger partial charge is 0.141 e. The van der Waals surface area contributed by atoms with Gasteiger partial charge in [-0.25, -0.2) is 0 Å². The lowest BCUT2D eigenvalue weighted by molar-refractivity contribution is -0.141. The number of aliphatic hydroxyl groups is 1. The van der Waals surface area contributed by atoms with Crippen molar-refractivity contribution in [2.24, 2.45) is 5.41 Å². The summed E-state index contributed by atoms with van der Waals surface area (Å²) in [6.45, 7) is 0. The van der Waals surface area contributed by atoms with Crippen molar-refractivity contribution in [2.75, 3.05) is 0 Å². The lowest BCUT2D eigenvalue weighted by Crippen LogP contribution is -2.45. The number of Topliss-reactive ketones (excluding diaryl/α,β-unsaturated/α-hetero) is 1. The van der Waals surface area contributed by atoms with Gasteiger partial charge in [-0.15, -0.1) is 0 Å². The zero-order valence-electron chi connectivity index (χ0n) is 9.50. The SMILES string of the molecule is O=C1CCCCCC[C@@]12CCCC[C@@H]2O. The van der Waals surface area contributed by atoms with E-state index < -0.39 is 0 Å². The normalized spacial score (nSPS) is 38.7. The quantitative estimate of drug-likeness (QED) is 0.667. The van der Waals surface area contributed by atoms with Gasteiger partial charge >= 0.3 is 0 Å². The highest BCUT2D eigenvalue weighted by Gasteiger charge is 2.45. The van der Waals surface area contributed by atoms with Crippen molar-refractivity contribution in [1.82, 2.24) is 0 Å². The molecule has 0 amide bonds. The van der Waals surface area contributed by atoms with E-state index in [0.717, 1.165) is 44.9 Å². The highest BCUT2D eigenvalue weighted by Crippen LogP contribution is 2.43. The van der Waals surface area contributed by atoms with E-state index in [1.165, 1.54) is 12.8 Å². The molecule has 15 heavy (non-hydrogen) atoms. The Bertz CT molecular complexity index is 237. The van der Waals surface area contributed by atoms with Crippen molar-refractivity contribution in [1.29, 1.82) is 0 Å². The molecule has 0 saturated heterocycles. The summed E-state index contributed by atoms with van der Waals surface area (Å²) < 4.78 is 0. The Hall–Kier alpha value is -0.370. The summed E-state index contributed by atoms with van der Waals surface area (Å²) in [6, 6.07) is 0. The Morgan fingerprint density at radius 1 is 1.00 bits per heavy atom. The van der Waals surface area contributed by atoms with Crippen LogP contribution in [-0.2, 0) is 4.79 Å². The van der Waals surface area contributed by atoms with E-state index >= 15 is 0 Å². The van der Waals surface area contributed by atoms with E-state index in [-0.39, 0.29) is 11.5 Å². The van der Waals surface area contributed by atoms with Crippen LogP contribution >= 0.6 is 0 Å². The summed E-state index contributed by atoms with van der Waals surface area (Å²) in [5.41, 5.74) is -0.335. The Labute approximate surface area is 92.1 Å². The predicted molar refractivity (Wildman–Crippen MR) is 59.6 cm³/mol. The maximum atomic E-state index is 12.2. The van der Waals surface area contributed by atoms with Crippen LogP contribution in [0.1, 0.15) is 64.2 Å². The Morgan fingerprint density at radius 2 is 1.67 bits per heavy atom. The van der Waals surface area contributed by atoms with Gasteiger partial charge in [0.15, 0.2) is 0 Å². The van der Waals surface area contributed by atoms with Crippen LogP contribution in [0.5, 0.6) is 0 Å². The lowest BCUT2D eigenvalue weighted by atomic mass is 9.64. The van der Waals surface area contributed by atoms with Crippen molar-refractivity contribution in [3.8, 4) is 0 Å². The van der Waals surface area contributed by atoms with E-state index in [2.05, 4.69) is 0 Å². The highest BCUT2D eigenvalue weighted by atomic mass is 16.3. The maximum absolute atomic E-state index is 12.2. The summed E-state index contributed by atoms with van der Waals surface area (Å²) in [7, 11) is 0. The topological polar surface area (TPSA) is 37.3 Å². The minimum Gasteiger partial charge on any atom is -0.392 e. The molecule has 86 valence electrons. The van der Waals surface area contributed by atoms with E-state index in [1.807, 2.05) is 0 Å². The molecule has 2 aliphatic carbocycles. The molecule has 2 fully saturated rings. The van der Waals surface area contributed by atoms with E-state index in [9.17, 15) is 9.90 Å². The third-order valence-electron chi connectivity index (χ3n) is 4.32. The van der Waals surface area contributed by atoms with Crippen LogP contribution in [-0.4, -0.2) is 17.0 Å². The molecular formula is C13H22O2. The van der Waals surface area contributed by atoms with Gasteiger partial charge < -0.3 is 5.11 Å². The molecule has 2 aliphatic rings. The Morgan fingerprint density at radius 3 is 2.47 bits per heavy atom. The van der Waals surface area contributed by atoms with Crippen molar-refractivity contribution >= 4 is 5.78 Å². The Kier molecular flexibility index (Phi) is 3.45. The van der Waals surface area contributed by atoms with Crippen molar-refractivity contribution in [2.45, 2.75) is 70.3 Å². The first-order valence-electron chi connectivity index (χ1n) is 6.47. The van der Waals surface area contributed by atoms with Crippen LogP contribution in [0, 0.1) is 5.41 Å². The monoisotopic (exact) mass is 210 g/mol. The first kappa shape index (κ1) is 11.1. The number of carbonyl (C=O) groups excluding carboxylic acids is 1. The second kappa shape index (κ2) is 4.65. The number of ketones is 1. The number of aliphatic hydroxyl groups excluding tert-OH is 1. The molecule has 0 unspecified atom stereocenters. The van der Waals surface area contributed by atoms with Gasteiger partial charge in [0.1, 0.15) is 5.78 Å². The molecule has 0 aliphatic heterocycles. The summed E-state index contributed by atoms with van der Waals surface area (Å²) in [4.78, 5) is 12.2. The van der Waals surface area contributed by atoms with Crippen LogP contribution in [0.15, 0.2) is 0 Å². The van der Waals surface area contributed by atoms with Gasteiger partial charge in [-0.2, -0.15) is 0 Å². The Balaban J connectivity index is 2.15. The third-order valence-corrected chi connectivity index (χ3v) is 4.32. The molecule has 0 aromatic heterocycles. The van der Waals surface area contributed by atoms with Gasteiger partial charge in [0, 0.05) is 6.42 Å². The summed E-state index contributed by atoms with van der Waals surface area (Å²) in [5.74, 6) is 0.356. The van der Waals surface area contributed by atoms with Gasteiger partial charge in [-0.1, -0.05) is 32.1 Å². The van der Waals surface area contributed by atoms with Crippen LogP contribution in [0.3, 0.4) is 0 Å². The molecule has 1 N–H and O–H groups in total. The molecular weight excluding hydrogens is 188 g/mol. The highest BCUT2D eigenvalue weighted by molar-refractivity contribution is 5.85. The fourth-order valence-electron chi connectivity index (χ4n) is 3.31. The van der Waals surface area contributed by atoms with Gasteiger partial charge in [-0.05, 0) is 25.7 Å². The first-order chi connectivity index (χ1) is 7.26.